The van der Waals surface area contributed by atoms with E-state index in [2.05, 4.69) is 25.8 Å². The van der Waals surface area contributed by atoms with Crippen molar-refractivity contribution >= 4 is 17.5 Å². The van der Waals surface area contributed by atoms with Crippen LogP contribution in [0.4, 0.5) is 0 Å². The van der Waals surface area contributed by atoms with E-state index < -0.39 is 29.4 Å². The summed E-state index contributed by atoms with van der Waals surface area (Å²) in [6, 6.07) is 3.18. The average molecular weight is 466 g/mol. The van der Waals surface area contributed by atoms with Gasteiger partial charge < -0.3 is 9.84 Å². The van der Waals surface area contributed by atoms with Crippen LogP contribution in [0.2, 0.25) is 0 Å². The highest BCUT2D eigenvalue weighted by Crippen LogP contribution is 2.69. The third kappa shape index (κ3) is 3.10. The largest absolute Gasteiger partial charge is 0.447 e. The van der Waals surface area contributed by atoms with E-state index in [0.29, 0.717) is 36.2 Å². The van der Waals surface area contributed by atoms with Gasteiger partial charge in [0.1, 0.15) is 6.61 Å². The summed E-state index contributed by atoms with van der Waals surface area (Å²) in [5, 5.41) is 9.95. The van der Waals surface area contributed by atoms with Crippen molar-refractivity contribution < 1.29 is 24.2 Å². The molecule has 5 rings (SSSR count). The van der Waals surface area contributed by atoms with Gasteiger partial charge in [-0.05, 0) is 85.8 Å². The van der Waals surface area contributed by atoms with Gasteiger partial charge in [0.05, 0.1) is 5.56 Å². The van der Waals surface area contributed by atoms with Gasteiger partial charge in [-0.15, -0.1) is 0 Å². The number of hydrogen-bond acceptors (Lipinski definition) is 6. The maximum atomic E-state index is 13.3. The van der Waals surface area contributed by atoms with Crippen LogP contribution in [0.15, 0.2) is 36.2 Å². The predicted molar refractivity (Wildman–Crippen MR) is 126 cm³/mol. The number of aliphatic hydroxyl groups excluding tert-OH is 1. The van der Waals surface area contributed by atoms with Crippen LogP contribution in [-0.2, 0) is 14.3 Å². The molecule has 34 heavy (non-hydrogen) atoms. The molecule has 0 saturated heterocycles. The molecule has 3 saturated carbocycles. The van der Waals surface area contributed by atoms with Crippen LogP contribution in [0.1, 0.15) is 76.1 Å². The van der Waals surface area contributed by atoms with Crippen LogP contribution in [0.25, 0.3) is 0 Å². The van der Waals surface area contributed by atoms with E-state index in [0.717, 1.165) is 32.1 Å². The minimum atomic E-state index is -1.32. The number of carbonyl (C=O) groups excluding carboxylic acids is 3. The minimum absolute atomic E-state index is 0.00188. The lowest BCUT2D eigenvalue weighted by molar-refractivity contribution is -0.167. The fourth-order valence-electron chi connectivity index (χ4n) is 8.45. The van der Waals surface area contributed by atoms with Crippen molar-refractivity contribution in [3.05, 3.63) is 41.7 Å². The fraction of sp³-hybridized carbons (Fsp3) is 0.643. The van der Waals surface area contributed by atoms with Crippen LogP contribution in [-0.4, -0.2) is 39.8 Å². The fourth-order valence-corrected chi connectivity index (χ4v) is 8.45. The van der Waals surface area contributed by atoms with Gasteiger partial charge in [0.25, 0.3) is 0 Å². The molecule has 1 N–H and O–H groups in total. The molecule has 0 aliphatic heterocycles. The monoisotopic (exact) mass is 465 g/mol. The predicted octanol–water partition coefficient (Wildman–Crippen LogP) is 4.32. The van der Waals surface area contributed by atoms with Crippen LogP contribution in [0.3, 0.4) is 0 Å². The summed E-state index contributed by atoms with van der Waals surface area (Å²) >= 11 is 0. The maximum Gasteiger partial charge on any atom is 0.339 e. The second-order valence-corrected chi connectivity index (χ2v) is 11.5. The van der Waals surface area contributed by atoms with E-state index in [9.17, 15) is 19.5 Å². The summed E-state index contributed by atoms with van der Waals surface area (Å²) in [6.45, 7) is 6.03. The standard InChI is InChI=1S/C28H35NO5/c1-17-14-20(31)15-19-4-5-21-22-7-11-28(24(32)16-30,34-25(33)18-8-12-29-13-9-18)26(22,2)10-6-23(21)27(17,19)3/h8-9,12-13,15,17,21-23,30H,4-7,10-11,14,16H2,1-3H3/t17?,21-,22-,23-,26-,27-,28-/m0/s1. The number of aliphatic hydroxyl groups is 1. The normalized spacial score (nSPS) is 41.1. The lowest BCUT2D eigenvalue weighted by Gasteiger charge is -2.60. The highest BCUT2D eigenvalue weighted by atomic mass is 16.6. The number of pyridine rings is 1. The molecule has 6 heteroatoms. The van der Waals surface area contributed by atoms with E-state index in [1.807, 2.05) is 6.08 Å². The number of aromatic nitrogens is 1. The molecule has 1 aromatic rings. The van der Waals surface area contributed by atoms with Gasteiger partial charge in [0, 0.05) is 24.2 Å². The Morgan fingerprint density at radius 2 is 1.82 bits per heavy atom. The van der Waals surface area contributed by atoms with Crippen molar-refractivity contribution in [2.75, 3.05) is 6.61 Å². The van der Waals surface area contributed by atoms with Gasteiger partial charge in [-0.25, -0.2) is 4.79 Å². The quantitative estimate of drug-likeness (QED) is 0.666. The van der Waals surface area contributed by atoms with Crippen LogP contribution in [0.5, 0.6) is 0 Å². The molecule has 0 radical (unpaired) electrons. The Bertz CT molecular complexity index is 1050. The average Bonchev–Trinajstić information content (AvgIpc) is 3.13. The van der Waals surface area contributed by atoms with Crippen molar-refractivity contribution in [2.24, 2.45) is 34.5 Å². The van der Waals surface area contributed by atoms with Gasteiger partial charge in [-0.3, -0.25) is 14.6 Å². The third-order valence-corrected chi connectivity index (χ3v) is 10.4. The molecule has 7 atom stereocenters. The number of fused-ring (bicyclic) bond motifs is 5. The Hall–Kier alpha value is -2.34. The van der Waals surface area contributed by atoms with Crippen molar-refractivity contribution in [1.29, 1.82) is 0 Å². The first-order valence-electron chi connectivity index (χ1n) is 12.7. The van der Waals surface area contributed by atoms with Crippen LogP contribution in [0, 0.1) is 34.5 Å². The SMILES string of the molecule is CC1CC(=O)C=C2CC[C@H]3[C@@H]4CC[C@](OC(=O)c5ccncc5)(C(=O)CO)[C@@]4(C)CC[C@@H]3[C@]21C. The molecule has 3 fully saturated rings. The Labute approximate surface area is 201 Å². The van der Waals surface area contributed by atoms with E-state index in [-0.39, 0.29) is 17.1 Å². The maximum absolute atomic E-state index is 13.3. The molecular formula is C28H35NO5. The number of allylic oxidation sites excluding steroid dienone is 1. The number of hydrogen-bond donors (Lipinski definition) is 1. The van der Waals surface area contributed by atoms with Crippen LogP contribution >= 0.6 is 0 Å². The Kier molecular flexibility index (Phi) is 5.58. The zero-order chi connectivity index (χ0) is 24.3. The number of ketones is 2. The van der Waals surface area contributed by atoms with Crippen molar-refractivity contribution in [2.45, 2.75) is 71.3 Å². The molecule has 0 amide bonds. The molecule has 1 aromatic heterocycles. The topological polar surface area (TPSA) is 93.6 Å². The molecule has 4 aliphatic carbocycles. The smallest absolute Gasteiger partial charge is 0.339 e. The van der Waals surface area contributed by atoms with Crippen LogP contribution < -0.4 is 0 Å². The number of Topliss-reactive ketones (excluding diaryl/α,β-unsaturated/α-hetero) is 1. The van der Waals surface area contributed by atoms with Gasteiger partial charge >= 0.3 is 5.97 Å². The second-order valence-electron chi connectivity index (χ2n) is 11.5. The molecular weight excluding hydrogens is 430 g/mol. The van der Waals surface area contributed by atoms with Gasteiger partial charge in [-0.2, -0.15) is 0 Å². The van der Waals surface area contributed by atoms with E-state index in [1.165, 1.54) is 18.0 Å². The van der Waals surface area contributed by atoms with Crippen molar-refractivity contribution in [1.82, 2.24) is 4.98 Å². The zero-order valence-corrected chi connectivity index (χ0v) is 20.4. The van der Waals surface area contributed by atoms with Crippen molar-refractivity contribution in [3.8, 4) is 0 Å². The number of esters is 1. The summed E-state index contributed by atoms with van der Waals surface area (Å²) < 4.78 is 6.12. The molecule has 1 heterocycles. The molecule has 1 unspecified atom stereocenters. The number of ether oxygens (including phenoxy) is 1. The van der Waals surface area contributed by atoms with E-state index in [4.69, 9.17) is 4.74 Å². The molecule has 0 aromatic carbocycles. The highest BCUT2D eigenvalue weighted by molar-refractivity contribution is 5.96. The Morgan fingerprint density at radius 1 is 1.12 bits per heavy atom. The zero-order valence-electron chi connectivity index (χ0n) is 20.4. The molecule has 182 valence electrons. The lowest BCUT2D eigenvalue weighted by Crippen LogP contribution is -2.60. The number of nitrogens with zero attached hydrogens (tertiary/aromatic N) is 1. The van der Waals surface area contributed by atoms with Crippen molar-refractivity contribution in [3.63, 3.8) is 0 Å². The number of rotatable bonds is 4. The third-order valence-electron chi connectivity index (χ3n) is 10.4. The molecule has 0 bridgehead atoms. The van der Waals surface area contributed by atoms with E-state index in [1.54, 1.807) is 12.1 Å². The minimum Gasteiger partial charge on any atom is -0.447 e. The molecule has 6 nitrogen and oxygen atoms in total. The lowest BCUT2D eigenvalue weighted by atomic mass is 9.44. The van der Waals surface area contributed by atoms with E-state index >= 15 is 0 Å². The van der Waals surface area contributed by atoms with Gasteiger partial charge in [0.15, 0.2) is 11.4 Å². The summed E-state index contributed by atoms with van der Waals surface area (Å²) in [4.78, 5) is 42.7. The summed E-state index contributed by atoms with van der Waals surface area (Å²) in [5.41, 5.74) is -0.175. The molecule has 0 spiro atoms. The first-order chi connectivity index (χ1) is 16.2. The molecule has 4 aliphatic rings. The summed E-state index contributed by atoms with van der Waals surface area (Å²) in [6.07, 6.45) is 10.4. The summed E-state index contributed by atoms with van der Waals surface area (Å²) in [5.74, 6) is 0.706. The second kappa shape index (κ2) is 8.11. The Balaban J connectivity index is 1.50. The number of carbonyl (C=O) groups is 3. The summed E-state index contributed by atoms with van der Waals surface area (Å²) in [7, 11) is 0. The first-order valence-corrected chi connectivity index (χ1v) is 12.7. The Morgan fingerprint density at radius 3 is 2.53 bits per heavy atom. The highest BCUT2D eigenvalue weighted by Gasteiger charge is 2.69. The first kappa shape index (κ1) is 23.4. The van der Waals surface area contributed by atoms with Gasteiger partial charge in [0.2, 0.25) is 5.78 Å². The van der Waals surface area contributed by atoms with Gasteiger partial charge in [-0.1, -0.05) is 26.3 Å².